The first-order valence-corrected chi connectivity index (χ1v) is 4.44. The Balaban J connectivity index is 2.79. The number of hydrogen-bond donors (Lipinski definition) is 1. The fourth-order valence-corrected chi connectivity index (χ4v) is 1.30. The Morgan fingerprint density at radius 1 is 1.55 bits per heavy atom. The third-order valence-corrected chi connectivity index (χ3v) is 1.82. The van der Waals surface area contributed by atoms with Crippen molar-refractivity contribution in [3.05, 3.63) is 35.6 Å². The first-order chi connectivity index (χ1) is 5.18. The first kappa shape index (κ1) is 8.36. The summed E-state index contributed by atoms with van der Waals surface area (Å²) in [7, 11) is -1.39. The zero-order chi connectivity index (χ0) is 8.27. The predicted octanol–water partition coefficient (Wildman–Crippen LogP) is 0.948. The lowest BCUT2D eigenvalue weighted by Crippen LogP contribution is -2.05. The summed E-state index contributed by atoms with van der Waals surface area (Å²) in [6.45, 7) is 0. The molecule has 0 saturated heterocycles. The van der Waals surface area contributed by atoms with Gasteiger partial charge >= 0.3 is 0 Å². The SMILES string of the molecule is N[S@](=O)Cc1cccc(F)c1. The first-order valence-electron chi connectivity index (χ1n) is 3.05. The summed E-state index contributed by atoms with van der Waals surface area (Å²) in [6, 6.07) is 5.92. The fraction of sp³-hybridized carbons (Fsp3) is 0.143. The molecule has 0 aliphatic carbocycles. The molecule has 0 spiro atoms. The molecule has 4 heteroatoms. The lowest BCUT2D eigenvalue weighted by Gasteiger charge is -1.96. The Hall–Kier alpha value is -0.740. The van der Waals surface area contributed by atoms with Crippen LogP contribution in [0.3, 0.4) is 0 Å². The smallest absolute Gasteiger partial charge is 0.123 e. The molecule has 0 amide bonds. The van der Waals surface area contributed by atoms with E-state index in [1.807, 2.05) is 0 Å². The molecule has 1 aromatic rings. The Morgan fingerprint density at radius 2 is 2.27 bits per heavy atom. The van der Waals surface area contributed by atoms with Crippen LogP contribution in [0.1, 0.15) is 5.56 Å². The van der Waals surface area contributed by atoms with E-state index in [1.54, 1.807) is 12.1 Å². The second kappa shape index (κ2) is 3.59. The van der Waals surface area contributed by atoms with Crippen molar-refractivity contribution in [3.8, 4) is 0 Å². The van der Waals surface area contributed by atoms with E-state index in [0.29, 0.717) is 5.56 Å². The van der Waals surface area contributed by atoms with Crippen molar-refractivity contribution in [1.29, 1.82) is 0 Å². The number of nitrogens with two attached hydrogens (primary N) is 1. The molecular weight excluding hydrogens is 165 g/mol. The number of halogens is 1. The third kappa shape index (κ3) is 2.78. The molecule has 0 aliphatic heterocycles. The lowest BCUT2D eigenvalue weighted by molar-refractivity contribution is 0.626. The van der Waals surface area contributed by atoms with Gasteiger partial charge in [-0.1, -0.05) is 12.1 Å². The van der Waals surface area contributed by atoms with E-state index in [4.69, 9.17) is 5.14 Å². The van der Waals surface area contributed by atoms with Crippen molar-refractivity contribution in [1.82, 2.24) is 0 Å². The van der Waals surface area contributed by atoms with Crippen molar-refractivity contribution in [2.75, 3.05) is 0 Å². The third-order valence-electron chi connectivity index (χ3n) is 1.20. The van der Waals surface area contributed by atoms with Gasteiger partial charge in [-0.15, -0.1) is 0 Å². The second-order valence-corrected chi connectivity index (χ2v) is 3.21. The Kier molecular flexibility index (Phi) is 2.73. The van der Waals surface area contributed by atoms with Crippen molar-refractivity contribution < 1.29 is 8.60 Å². The van der Waals surface area contributed by atoms with Gasteiger partial charge in [-0.25, -0.2) is 8.60 Å². The van der Waals surface area contributed by atoms with Gasteiger partial charge in [0.2, 0.25) is 0 Å². The van der Waals surface area contributed by atoms with E-state index in [9.17, 15) is 8.60 Å². The van der Waals surface area contributed by atoms with Gasteiger partial charge in [0.15, 0.2) is 0 Å². The summed E-state index contributed by atoms with van der Waals surface area (Å²) >= 11 is 0. The van der Waals surface area contributed by atoms with Crippen molar-refractivity contribution in [2.24, 2.45) is 5.14 Å². The van der Waals surface area contributed by atoms with Crippen LogP contribution in [0.15, 0.2) is 24.3 Å². The minimum atomic E-state index is -1.39. The molecule has 2 N–H and O–H groups in total. The minimum Gasteiger partial charge on any atom is -0.252 e. The highest BCUT2D eigenvalue weighted by molar-refractivity contribution is 7.81. The van der Waals surface area contributed by atoms with Crippen molar-refractivity contribution >= 4 is 11.0 Å². The summed E-state index contributed by atoms with van der Waals surface area (Å²) in [5.41, 5.74) is 0.658. The summed E-state index contributed by atoms with van der Waals surface area (Å²) in [5, 5.41) is 5.02. The molecule has 1 rings (SSSR count). The highest BCUT2D eigenvalue weighted by atomic mass is 32.2. The molecule has 1 atom stereocenters. The molecule has 0 unspecified atom stereocenters. The van der Waals surface area contributed by atoms with E-state index in [-0.39, 0.29) is 11.6 Å². The van der Waals surface area contributed by atoms with E-state index in [0.717, 1.165) is 0 Å². The normalized spacial score (nSPS) is 12.9. The van der Waals surface area contributed by atoms with E-state index in [2.05, 4.69) is 0 Å². The van der Waals surface area contributed by atoms with E-state index < -0.39 is 11.0 Å². The van der Waals surface area contributed by atoms with Crippen LogP contribution in [0, 0.1) is 5.82 Å². The fourth-order valence-electron chi connectivity index (χ4n) is 0.791. The average Bonchev–Trinajstić information content (AvgIpc) is 1.85. The zero-order valence-electron chi connectivity index (χ0n) is 5.79. The number of hydrogen-bond acceptors (Lipinski definition) is 1. The predicted molar refractivity (Wildman–Crippen MR) is 42.4 cm³/mol. The maximum absolute atomic E-state index is 12.5. The van der Waals surface area contributed by atoms with Crippen LogP contribution in [0.4, 0.5) is 4.39 Å². The largest absolute Gasteiger partial charge is 0.252 e. The molecule has 0 aliphatic rings. The summed E-state index contributed by atoms with van der Waals surface area (Å²) in [4.78, 5) is 0. The summed E-state index contributed by atoms with van der Waals surface area (Å²) in [6.07, 6.45) is 0. The van der Waals surface area contributed by atoms with Crippen LogP contribution in [0.5, 0.6) is 0 Å². The summed E-state index contributed by atoms with van der Waals surface area (Å²) in [5.74, 6) is -0.120. The quantitative estimate of drug-likeness (QED) is 0.710. The molecule has 0 bridgehead atoms. The van der Waals surface area contributed by atoms with Crippen LogP contribution in [0.25, 0.3) is 0 Å². The summed E-state index contributed by atoms with van der Waals surface area (Å²) < 4.78 is 23.0. The molecule has 0 radical (unpaired) electrons. The molecule has 60 valence electrons. The Labute approximate surface area is 66.8 Å². The van der Waals surface area contributed by atoms with Gasteiger partial charge in [0, 0.05) is 0 Å². The van der Waals surface area contributed by atoms with E-state index in [1.165, 1.54) is 12.1 Å². The Bertz CT molecular complexity index is 277. The van der Waals surface area contributed by atoms with Gasteiger partial charge < -0.3 is 0 Å². The van der Waals surface area contributed by atoms with Gasteiger partial charge in [0.05, 0.1) is 16.7 Å². The van der Waals surface area contributed by atoms with Crippen molar-refractivity contribution in [3.63, 3.8) is 0 Å². The molecule has 1 aromatic carbocycles. The zero-order valence-corrected chi connectivity index (χ0v) is 6.60. The van der Waals surface area contributed by atoms with Gasteiger partial charge in [0.25, 0.3) is 0 Å². The molecule has 0 saturated carbocycles. The van der Waals surface area contributed by atoms with Gasteiger partial charge in [-0.3, -0.25) is 5.14 Å². The van der Waals surface area contributed by atoms with Crippen molar-refractivity contribution in [2.45, 2.75) is 5.75 Å². The van der Waals surface area contributed by atoms with E-state index >= 15 is 0 Å². The van der Waals surface area contributed by atoms with Crippen LogP contribution in [0.2, 0.25) is 0 Å². The molecular formula is C7H8FNOS. The number of rotatable bonds is 2. The second-order valence-electron chi connectivity index (χ2n) is 2.16. The Morgan fingerprint density at radius 3 is 2.82 bits per heavy atom. The van der Waals surface area contributed by atoms with Gasteiger partial charge in [0.1, 0.15) is 5.82 Å². The van der Waals surface area contributed by atoms with Crippen LogP contribution in [-0.4, -0.2) is 4.21 Å². The highest BCUT2D eigenvalue weighted by Crippen LogP contribution is 2.04. The van der Waals surface area contributed by atoms with Gasteiger partial charge in [-0.2, -0.15) is 0 Å². The highest BCUT2D eigenvalue weighted by Gasteiger charge is 1.96. The molecule has 11 heavy (non-hydrogen) atoms. The molecule has 2 nitrogen and oxygen atoms in total. The standard InChI is InChI=1S/C7H8FNOS/c8-7-3-1-2-6(4-7)5-11(9)10/h1-4H,5,9H2/t11-/m1/s1. The number of benzene rings is 1. The lowest BCUT2D eigenvalue weighted by atomic mass is 10.2. The van der Waals surface area contributed by atoms with Crippen LogP contribution < -0.4 is 5.14 Å². The topological polar surface area (TPSA) is 43.1 Å². The molecule has 0 fully saturated rings. The van der Waals surface area contributed by atoms with Gasteiger partial charge in [-0.05, 0) is 17.7 Å². The average molecular weight is 173 g/mol. The monoisotopic (exact) mass is 173 g/mol. The maximum Gasteiger partial charge on any atom is 0.123 e. The molecule has 0 heterocycles. The van der Waals surface area contributed by atoms with Crippen LogP contribution in [-0.2, 0) is 16.7 Å². The van der Waals surface area contributed by atoms with Crippen LogP contribution >= 0.6 is 0 Å². The minimum absolute atomic E-state index is 0.206. The maximum atomic E-state index is 12.5. The molecule has 0 aromatic heterocycles.